The number of rotatable bonds is 9. The molecule has 8 heteroatoms. The summed E-state index contributed by atoms with van der Waals surface area (Å²) in [5, 5.41) is 8.63. The van der Waals surface area contributed by atoms with Crippen LogP contribution in [-0.2, 0) is 4.74 Å². The van der Waals surface area contributed by atoms with Crippen LogP contribution in [-0.4, -0.2) is 36.7 Å². The van der Waals surface area contributed by atoms with E-state index < -0.39 is 0 Å². The van der Waals surface area contributed by atoms with Gasteiger partial charge in [0.05, 0.1) is 6.61 Å². The van der Waals surface area contributed by atoms with E-state index in [0.717, 1.165) is 5.56 Å². The highest BCUT2D eigenvalue weighted by Gasteiger charge is 2.09. The maximum atomic E-state index is 12.4. The number of thiocarbonyl (C=S) groups is 1. The van der Waals surface area contributed by atoms with E-state index in [1.54, 1.807) is 54.6 Å². The second-order valence-corrected chi connectivity index (χ2v) is 7.79. The molecular weight excluding hydrogens is 450 g/mol. The summed E-state index contributed by atoms with van der Waals surface area (Å²) in [7, 11) is 0. The van der Waals surface area contributed by atoms with Crippen LogP contribution in [0.1, 0.15) is 33.2 Å². The summed E-state index contributed by atoms with van der Waals surface area (Å²) in [6.45, 7) is 5.47. The minimum Gasteiger partial charge on any atom is -0.491 e. The van der Waals surface area contributed by atoms with Crippen molar-refractivity contribution in [3.63, 3.8) is 0 Å². The van der Waals surface area contributed by atoms with Crippen molar-refractivity contribution in [3.8, 4) is 5.75 Å². The van der Waals surface area contributed by atoms with Gasteiger partial charge in [-0.2, -0.15) is 0 Å². The fraction of sp³-hybridized carbons (Fsp3) is 0.192. The number of aryl methyl sites for hydroxylation is 1. The summed E-state index contributed by atoms with van der Waals surface area (Å²) in [4.78, 5) is 24.8. The molecule has 3 N–H and O–H groups in total. The van der Waals surface area contributed by atoms with Gasteiger partial charge in [-0.05, 0) is 86.7 Å². The molecule has 0 heterocycles. The highest BCUT2D eigenvalue weighted by atomic mass is 32.1. The minimum atomic E-state index is -0.333. The summed E-state index contributed by atoms with van der Waals surface area (Å²) in [6.07, 6.45) is 0. The molecule has 0 fully saturated rings. The second-order valence-electron chi connectivity index (χ2n) is 7.38. The lowest BCUT2D eigenvalue weighted by atomic mass is 10.1. The maximum Gasteiger partial charge on any atom is 0.257 e. The molecule has 0 aromatic heterocycles. The number of ether oxygens (including phenoxy) is 2. The van der Waals surface area contributed by atoms with E-state index in [-0.39, 0.29) is 16.9 Å². The van der Waals surface area contributed by atoms with Crippen LogP contribution in [0.5, 0.6) is 5.75 Å². The van der Waals surface area contributed by atoms with Crippen molar-refractivity contribution >= 4 is 40.5 Å². The van der Waals surface area contributed by atoms with Gasteiger partial charge in [-0.25, -0.2) is 0 Å². The van der Waals surface area contributed by atoms with Gasteiger partial charge in [-0.15, -0.1) is 0 Å². The van der Waals surface area contributed by atoms with Gasteiger partial charge >= 0.3 is 0 Å². The van der Waals surface area contributed by atoms with Gasteiger partial charge in [0.25, 0.3) is 11.8 Å². The molecule has 176 valence electrons. The van der Waals surface area contributed by atoms with Crippen molar-refractivity contribution in [2.45, 2.75) is 13.8 Å². The molecule has 0 unspecified atom stereocenters. The molecule has 0 bridgehead atoms. The molecule has 0 radical (unpaired) electrons. The number of carbonyl (C=O) groups is 2. The van der Waals surface area contributed by atoms with Crippen LogP contribution >= 0.6 is 12.2 Å². The number of carbonyl (C=O) groups excluding carboxylic acids is 2. The summed E-state index contributed by atoms with van der Waals surface area (Å²) in [5.74, 6) is 0.143. The number of hydrogen-bond acceptors (Lipinski definition) is 5. The molecule has 0 atom stereocenters. The molecule has 0 aliphatic carbocycles. The third-order valence-electron chi connectivity index (χ3n) is 4.72. The highest BCUT2D eigenvalue weighted by Crippen LogP contribution is 2.16. The molecule has 7 nitrogen and oxygen atoms in total. The van der Waals surface area contributed by atoms with Gasteiger partial charge in [0.15, 0.2) is 5.11 Å². The molecule has 0 aliphatic rings. The monoisotopic (exact) mass is 477 g/mol. The fourth-order valence-electron chi connectivity index (χ4n) is 3.03. The Labute approximate surface area is 204 Å². The largest absolute Gasteiger partial charge is 0.491 e. The van der Waals surface area contributed by atoms with Crippen molar-refractivity contribution in [2.75, 3.05) is 30.5 Å². The van der Waals surface area contributed by atoms with Gasteiger partial charge in [-0.1, -0.05) is 17.7 Å². The topological polar surface area (TPSA) is 88.7 Å². The first-order chi connectivity index (χ1) is 16.4. The van der Waals surface area contributed by atoms with Crippen molar-refractivity contribution in [1.29, 1.82) is 0 Å². The first-order valence-electron chi connectivity index (χ1n) is 10.9. The van der Waals surface area contributed by atoms with E-state index in [9.17, 15) is 9.59 Å². The van der Waals surface area contributed by atoms with E-state index >= 15 is 0 Å². The predicted molar refractivity (Wildman–Crippen MR) is 138 cm³/mol. The normalized spacial score (nSPS) is 10.3. The van der Waals surface area contributed by atoms with Gasteiger partial charge in [-0.3, -0.25) is 14.9 Å². The molecule has 2 amide bonds. The molecule has 0 saturated heterocycles. The lowest BCUT2D eigenvalue weighted by molar-refractivity contribution is 0.0975. The second kappa shape index (κ2) is 12.5. The standard InChI is InChI=1S/C26H27N3O4S/c1-3-32-15-16-33-23-13-7-19(8-14-23)24(30)29-26(34)28-22-11-9-21(10-12-22)27-25(31)20-6-4-5-18(2)17-20/h4-14,17H,3,15-16H2,1-2H3,(H,27,31)(H2,28,29,30,34). The van der Waals surface area contributed by atoms with Gasteiger partial charge in [0, 0.05) is 29.1 Å². The van der Waals surface area contributed by atoms with Crippen LogP contribution in [0, 0.1) is 6.92 Å². The van der Waals surface area contributed by atoms with Crippen molar-refractivity contribution < 1.29 is 19.1 Å². The first kappa shape index (κ1) is 24.9. The minimum absolute atomic E-state index is 0.165. The summed E-state index contributed by atoms with van der Waals surface area (Å²) < 4.78 is 10.8. The predicted octanol–water partition coefficient (Wildman–Crippen LogP) is 4.79. The van der Waals surface area contributed by atoms with Crippen molar-refractivity contribution in [3.05, 3.63) is 89.5 Å². The van der Waals surface area contributed by atoms with E-state index in [2.05, 4.69) is 16.0 Å². The Morgan fingerprint density at radius 1 is 0.824 bits per heavy atom. The first-order valence-corrected chi connectivity index (χ1v) is 11.3. The Hall–Kier alpha value is -3.75. The van der Waals surface area contributed by atoms with Crippen LogP contribution < -0.4 is 20.7 Å². The molecule has 0 saturated carbocycles. The molecule has 0 spiro atoms. The van der Waals surface area contributed by atoms with Gasteiger partial charge in [0.1, 0.15) is 12.4 Å². The summed E-state index contributed by atoms with van der Waals surface area (Å²) in [5.41, 5.74) is 3.39. The zero-order chi connectivity index (χ0) is 24.3. The fourth-order valence-corrected chi connectivity index (χ4v) is 3.24. The quantitative estimate of drug-likeness (QED) is 0.303. The zero-order valence-electron chi connectivity index (χ0n) is 19.1. The van der Waals surface area contributed by atoms with E-state index in [1.807, 2.05) is 32.0 Å². The third kappa shape index (κ3) is 7.68. The van der Waals surface area contributed by atoms with E-state index in [0.29, 0.717) is 48.1 Å². The molecule has 3 aromatic rings. The Morgan fingerprint density at radius 2 is 1.50 bits per heavy atom. The molecule has 0 aliphatic heterocycles. The number of benzene rings is 3. The maximum absolute atomic E-state index is 12.4. The number of nitrogens with one attached hydrogen (secondary N) is 3. The molecule has 3 rings (SSSR count). The Balaban J connectivity index is 1.48. The van der Waals surface area contributed by atoms with Crippen LogP contribution in [0.2, 0.25) is 0 Å². The summed E-state index contributed by atoms with van der Waals surface area (Å²) in [6, 6.07) is 21.2. The number of amides is 2. The van der Waals surface area contributed by atoms with Crippen LogP contribution in [0.3, 0.4) is 0 Å². The third-order valence-corrected chi connectivity index (χ3v) is 4.93. The average Bonchev–Trinajstić information content (AvgIpc) is 2.83. The summed E-state index contributed by atoms with van der Waals surface area (Å²) >= 11 is 5.25. The molecular formula is C26H27N3O4S. The molecule has 34 heavy (non-hydrogen) atoms. The Morgan fingerprint density at radius 3 is 2.15 bits per heavy atom. The molecule has 3 aromatic carbocycles. The number of anilines is 2. The van der Waals surface area contributed by atoms with E-state index in [1.165, 1.54) is 0 Å². The lowest BCUT2D eigenvalue weighted by Gasteiger charge is -2.11. The zero-order valence-corrected chi connectivity index (χ0v) is 19.9. The highest BCUT2D eigenvalue weighted by molar-refractivity contribution is 7.80. The smallest absolute Gasteiger partial charge is 0.257 e. The van der Waals surface area contributed by atoms with Gasteiger partial charge < -0.3 is 20.1 Å². The Kier molecular flexibility index (Phi) is 9.13. The average molecular weight is 478 g/mol. The lowest BCUT2D eigenvalue weighted by Crippen LogP contribution is -2.34. The SMILES string of the molecule is CCOCCOc1ccc(C(=O)NC(=S)Nc2ccc(NC(=O)c3cccc(C)c3)cc2)cc1. The Bertz CT molecular complexity index is 1130. The van der Waals surface area contributed by atoms with Crippen LogP contribution in [0.4, 0.5) is 11.4 Å². The van der Waals surface area contributed by atoms with Crippen molar-refractivity contribution in [1.82, 2.24) is 5.32 Å². The van der Waals surface area contributed by atoms with Crippen LogP contribution in [0.15, 0.2) is 72.8 Å². The van der Waals surface area contributed by atoms with Crippen molar-refractivity contribution in [2.24, 2.45) is 0 Å². The number of hydrogen-bond donors (Lipinski definition) is 3. The van der Waals surface area contributed by atoms with Crippen LogP contribution in [0.25, 0.3) is 0 Å². The van der Waals surface area contributed by atoms with E-state index in [4.69, 9.17) is 21.7 Å². The van der Waals surface area contributed by atoms with Gasteiger partial charge in [0.2, 0.25) is 0 Å².